The number of anilines is 1. The maximum Gasteiger partial charge on any atom is 0.124 e. The number of nitrogens with zero attached hydrogens (tertiary/aromatic N) is 2. The molecule has 2 rings (SSSR count). The van der Waals surface area contributed by atoms with E-state index in [0.29, 0.717) is 6.54 Å². The molecule has 0 aliphatic heterocycles. The third-order valence-electron chi connectivity index (χ3n) is 2.18. The summed E-state index contributed by atoms with van der Waals surface area (Å²) in [5.41, 5.74) is 0. The van der Waals surface area contributed by atoms with Crippen molar-refractivity contribution >= 4 is 18.2 Å². The zero-order valence-electron chi connectivity index (χ0n) is 9.22. The molecule has 0 radical (unpaired) electrons. The molecule has 16 heavy (non-hydrogen) atoms. The van der Waals surface area contributed by atoms with Gasteiger partial charge in [0, 0.05) is 12.6 Å². The van der Waals surface area contributed by atoms with Crippen LogP contribution in [0.15, 0.2) is 35.1 Å². The summed E-state index contributed by atoms with van der Waals surface area (Å²) in [5, 5.41) is 7.52. The maximum atomic E-state index is 5.24. The van der Waals surface area contributed by atoms with Crippen LogP contribution in [0.1, 0.15) is 19.1 Å². The highest BCUT2D eigenvalue weighted by Gasteiger charge is 2.01. The van der Waals surface area contributed by atoms with Crippen molar-refractivity contribution < 1.29 is 4.42 Å². The van der Waals surface area contributed by atoms with Gasteiger partial charge in [0.25, 0.3) is 0 Å². The number of aryl methyl sites for hydroxylation is 1. The molecular weight excluding hydrogens is 226 g/mol. The average molecular weight is 242 g/mol. The van der Waals surface area contributed by atoms with Crippen LogP contribution in [0.3, 0.4) is 0 Å². The molecule has 4 nitrogen and oxygen atoms in total. The van der Waals surface area contributed by atoms with Crippen molar-refractivity contribution in [3.63, 3.8) is 0 Å². The standard InChI is InChI=1S/C11H15N3O.ClH/c1-2-7-14-11(5-6-13-14)12-9-10-4-3-8-15-10;/h3-6,8,12H,2,7,9H2,1H3;1H. The molecule has 0 saturated heterocycles. The lowest BCUT2D eigenvalue weighted by Crippen LogP contribution is -2.07. The molecule has 0 aliphatic carbocycles. The normalized spacial score (nSPS) is 9.81. The van der Waals surface area contributed by atoms with Crippen LogP contribution in [-0.4, -0.2) is 9.78 Å². The smallest absolute Gasteiger partial charge is 0.124 e. The van der Waals surface area contributed by atoms with E-state index in [1.807, 2.05) is 22.9 Å². The summed E-state index contributed by atoms with van der Waals surface area (Å²) in [6, 6.07) is 5.81. The Morgan fingerprint density at radius 1 is 1.44 bits per heavy atom. The summed E-state index contributed by atoms with van der Waals surface area (Å²) < 4.78 is 7.20. The summed E-state index contributed by atoms with van der Waals surface area (Å²) in [4.78, 5) is 0. The first-order chi connectivity index (χ1) is 7.40. The van der Waals surface area contributed by atoms with E-state index in [0.717, 1.165) is 24.5 Å². The van der Waals surface area contributed by atoms with Crippen LogP contribution in [0.4, 0.5) is 5.82 Å². The van der Waals surface area contributed by atoms with Crippen molar-refractivity contribution in [1.29, 1.82) is 0 Å². The van der Waals surface area contributed by atoms with E-state index in [1.54, 1.807) is 12.5 Å². The molecule has 2 heterocycles. The van der Waals surface area contributed by atoms with Crippen LogP contribution in [0.2, 0.25) is 0 Å². The van der Waals surface area contributed by atoms with E-state index < -0.39 is 0 Å². The average Bonchev–Trinajstić information content (AvgIpc) is 2.85. The molecule has 0 unspecified atom stereocenters. The first kappa shape index (κ1) is 12.6. The van der Waals surface area contributed by atoms with E-state index in [-0.39, 0.29) is 12.4 Å². The Kier molecular flexibility index (Phi) is 4.92. The molecule has 2 aromatic heterocycles. The summed E-state index contributed by atoms with van der Waals surface area (Å²) >= 11 is 0. The van der Waals surface area contributed by atoms with E-state index in [2.05, 4.69) is 17.3 Å². The fourth-order valence-corrected chi connectivity index (χ4v) is 1.46. The molecule has 5 heteroatoms. The molecule has 0 spiro atoms. The van der Waals surface area contributed by atoms with Gasteiger partial charge < -0.3 is 9.73 Å². The van der Waals surface area contributed by atoms with Crippen LogP contribution in [-0.2, 0) is 13.1 Å². The van der Waals surface area contributed by atoms with E-state index in [9.17, 15) is 0 Å². The number of nitrogens with one attached hydrogen (secondary N) is 1. The molecule has 2 aromatic rings. The lowest BCUT2D eigenvalue weighted by molar-refractivity contribution is 0.516. The summed E-state index contributed by atoms with van der Waals surface area (Å²) in [6.45, 7) is 3.77. The Labute approximate surface area is 101 Å². The minimum atomic E-state index is 0. The van der Waals surface area contributed by atoms with Gasteiger partial charge in [0.05, 0.1) is 19.0 Å². The fraction of sp³-hybridized carbons (Fsp3) is 0.364. The molecular formula is C11H16ClN3O. The number of aromatic nitrogens is 2. The molecule has 0 atom stereocenters. The highest BCUT2D eigenvalue weighted by atomic mass is 35.5. The lowest BCUT2D eigenvalue weighted by Gasteiger charge is -2.07. The number of furan rings is 1. The minimum Gasteiger partial charge on any atom is -0.467 e. The van der Waals surface area contributed by atoms with Crippen molar-refractivity contribution in [2.45, 2.75) is 26.4 Å². The fourth-order valence-electron chi connectivity index (χ4n) is 1.46. The van der Waals surface area contributed by atoms with Gasteiger partial charge in [-0.25, -0.2) is 4.68 Å². The zero-order chi connectivity index (χ0) is 10.5. The van der Waals surface area contributed by atoms with Crippen LogP contribution in [0, 0.1) is 0 Å². The Bertz CT molecular complexity index is 397. The zero-order valence-corrected chi connectivity index (χ0v) is 10.0. The van der Waals surface area contributed by atoms with Crippen LogP contribution >= 0.6 is 12.4 Å². The first-order valence-corrected chi connectivity index (χ1v) is 5.18. The molecule has 0 fully saturated rings. The van der Waals surface area contributed by atoms with Gasteiger partial charge in [-0.05, 0) is 18.6 Å². The van der Waals surface area contributed by atoms with Gasteiger partial charge in [0.1, 0.15) is 11.6 Å². The highest BCUT2D eigenvalue weighted by Crippen LogP contribution is 2.09. The van der Waals surface area contributed by atoms with Gasteiger partial charge >= 0.3 is 0 Å². The second-order valence-electron chi connectivity index (χ2n) is 3.37. The third-order valence-corrected chi connectivity index (χ3v) is 2.18. The Balaban J connectivity index is 0.00000128. The van der Waals surface area contributed by atoms with Crippen molar-refractivity contribution in [3.05, 3.63) is 36.4 Å². The van der Waals surface area contributed by atoms with Gasteiger partial charge in [-0.15, -0.1) is 12.4 Å². The molecule has 0 amide bonds. The molecule has 0 bridgehead atoms. The summed E-state index contributed by atoms with van der Waals surface area (Å²) in [5.74, 6) is 1.97. The highest BCUT2D eigenvalue weighted by molar-refractivity contribution is 5.85. The quantitative estimate of drug-likeness (QED) is 0.875. The van der Waals surface area contributed by atoms with Crippen LogP contribution in [0.25, 0.3) is 0 Å². The molecule has 0 saturated carbocycles. The Morgan fingerprint density at radius 3 is 3.00 bits per heavy atom. The summed E-state index contributed by atoms with van der Waals surface area (Å²) in [7, 11) is 0. The van der Waals surface area contributed by atoms with Crippen molar-refractivity contribution in [2.75, 3.05) is 5.32 Å². The van der Waals surface area contributed by atoms with Crippen molar-refractivity contribution in [1.82, 2.24) is 9.78 Å². The SMILES string of the molecule is CCCn1nccc1NCc1ccco1.Cl. The van der Waals surface area contributed by atoms with Gasteiger partial charge in [0.2, 0.25) is 0 Å². The molecule has 0 aromatic carbocycles. The van der Waals surface area contributed by atoms with E-state index >= 15 is 0 Å². The second-order valence-corrected chi connectivity index (χ2v) is 3.37. The van der Waals surface area contributed by atoms with Crippen LogP contribution < -0.4 is 5.32 Å². The molecule has 1 N–H and O–H groups in total. The Morgan fingerprint density at radius 2 is 2.31 bits per heavy atom. The molecule has 88 valence electrons. The van der Waals surface area contributed by atoms with Gasteiger partial charge in [0.15, 0.2) is 0 Å². The van der Waals surface area contributed by atoms with Gasteiger partial charge in [-0.3, -0.25) is 0 Å². The summed E-state index contributed by atoms with van der Waals surface area (Å²) in [6.07, 6.45) is 4.57. The molecule has 0 aliphatic rings. The predicted octanol–water partition coefficient (Wildman–Crippen LogP) is 2.92. The van der Waals surface area contributed by atoms with E-state index in [1.165, 1.54) is 0 Å². The number of halogens is 1. The minimum absolute atomic E-state index is 0. The Hall–Kier alpha value is -1.42. The first-order valence-electron chi connectivity index (χ1n) is 5.18. The van der Waals surface area contributed by atoms with Crippen molar-refractivity contribution in [2.24, 2.45) is 0 Å². The topological polar surface area (TPSA) is 43.0 Å². The maximum absolute atomic E-state index is 5.24. The van der Waals surface area contributed by atoms with Gasteiger partial charge in [-0.2, -0.15) is 5.10 Å². The number of hydrogen-bond donors (Lipinski definition) is 1. The second kappa shape index (κ2) is 6.23. The largest absolute Gasteiger partial charge is 0.467 e. The van der Waals surface area contributed by atoms with Crippen LogP contribution in [0.5, 0.6) is 0 Å². The predicted molar refractivity (Wildman–Crippen MR) is 65.8 cm³/mol. The third kappa shape index (κ3) is 3.03. The lowest BCUT2D eigenvalue weighted by atomic mass is 10.4. The van der Waals surface area contributed by atoms with E-state index in [4.69, 9.17) is 4.42 Å². The number of rotatable bonds is 5. The monoisotopic (exact) mass is 241 g/mol. The number of hydrogen-bond acceptors (Lipinski definition) is 3. The van der Waals surface area contributed by atoms with Crippen molar-refractivity contribution in [3.8, 4) is 0 Å². The van der Waals surface area contributed by atoms with Gasteiger partial charge in [-0.1, -0.05) is 6.92 Å².